The van der Waals surface area contributed by atoms with Gasteiger partial charge in [0.25, 0.3) is 5.91 Å². The molecule has 0 aliphatic rings. The first-order valence-corrected chi connectivity index (χ1v) is 8.37. The van der Waals surface area contributed by atoms with E-state index in [-0.39, 0.29) is 11.4 Å². The van der Waals surface area contributed by atoms with Gasteiger partial charge in [0.05, 0.1) is 11.1 Å². The SMILES string of the molecule is CCCCCCOc1ccc(C(=O)NC(C)(C)C)cc1Br. The Morgan fingerprint density at radius 1 is 1.24 bits per heavy atom. The van der Waals surface area contributed by atoms with Crippen molar-refractivity contribution in [3.63, 3.8) is 0 Å². The fourth-order valence-electron chi connectivity index (χ4n) is 1.88. The molecule has 0 unspecified atom stereocenters. The molecule has 4 heteroatoms. The number of nitrogens with one attached hydrogen (secondary N) is 1. The minimum Gasteiger partial charge on any atom is -0.492 e. The molecule has 0 bridgehead atoms. The van der Waals surface area contributed by atoms with Gasteiger partial charge in [0.15, 0.2) is 0 Å². The molecule has 0 heterocycles. The van der Waals surface area contributed by atoms with Crippen molar-refractivity contribution in [2.45, 2.75) is 58.9 Å². The molecule has 1 amide bonds. The van der Waals surface area contributed by atoms with Crippen LogP contribution in [0.2, 0.25) is 0 Å². The predicted molar refractivity (Wildman–Crippen MR) is 91.0 cm³/mol. The summed E-state index contributed by atoms with van der Waals surface area (Å²) in [5.41, 5.74) is 0.396. The summed E-state index contributed by atoms with van der Waals surface area (Å²) in [5.74, 6) is 0.719. The van der Waals surface area contributed by atoms with Crippen LogP contribution in [-0.4, -0.2) is 18.1 Å². The van der Waals surface area contributed by atoms with Crippen LogP contribution in [0.4, 0.5) is 0 Å². The van der Waals surface area contributed by atoms with Crippen LogP contribution in [0, 0.1) is 0 Å². The topological polar surface area (TPSA) is 38.3 Å². The summed E-state index contributed by atoms with van der Waals surface area (Å²) >= 11 is 3.47. The van der Waals surface area contributed by atoms with Crippen molar-refractivity contribution in [3.8, 4) is 5.75 Å². The molecular formula is C17H26BrNO2. The van der Waals surface area contributed by atoms with Gasteiger partial charge in [0.1, 0.15) is 5.75 Å². The van der Waals surface area contributed by atoms with Gasteiger partial charge in [-0.25, -0.2) is 0 Å². The van der Waals surface area contributed by atoms with Crippen LogP contribution in [0.3, 0.4) is 0 Å². The molecule has 1 rings (SSSR count). The number of halogens is 1. The van der Waals surface area contributed by atoms with Gasteiger partial charge in [0.2, 0.25) is 0 Å². The number of hydrogen-bond acceptors (Lipinski definition) is 2. The highest BCUT2D eigenvalue weighted by Crippen LogP contribution is 2.26. The quantitative estimate of drug-likeness (QED) is 0.703. The molecule has 118 valence electrons. The van der Waals surface area contributed by atoms with Crippen LogP contribution in [-0.2, 0) is 0 Å². The van der Waals surface area contributed by atoms with Crippen molar-refractivity contribution in [1.82, 2.24) is 5.32 Å². The normalized spacial score (nSPS) is 11.3. The second-order valence-corrected chi connectivity index (χ2v) is 7.11. The number of carbonyl (C=O) groups excluding carboxylic acids is 1. The third kappa shape index (κ3) is 6.98. The van der Waals surface area contributed by atoms with Crippen molar-refractivity contribution in [3.05, 3.63) is 28.2 Å². The molecule has 0 fully saturated rings. The van der Waals surface area contributed by atoms with Gasteiger partial charge in [-0.15, -0.1) is 0 Å². The highest BCUT2D eigenvalue weighted by atomic mass is 79.9. The lowest BCUT2D eigenvalue weighted by molar-refractivity contribution is 0.0919. The van der Waals surface area contributed by atoms with Gasteiger partial charge in [-0.05, 0) is 61.3 Å². The highest BCUT2D eigenvalue weighted by molar-refractivity contribution is 9.10. The Balaban J connectivity index is 2.57. The minimum atomic E-state index is -0.238. The summed E-state index contributed by atoms with van der Waals surface area (Å²) in [6, 6.07) is 5.46. The molecule has 0 saturated heterocycles. The van der Waals surface area contributed by atoms with E-state index >= 15 is 0 Å². The van der Waals surface area contributed by atoms with E-state index in [2.05, 4.69) is 28.2 Å². The Hall–Kier alpha value is -1.03. The lowest BCUT2D eigenvalue weighted by Crippen LogP contribution is -2.40. The maximum atomic E-state index is 12.1. The van der Waals surface area contributed by atoms with E-state index in [1.807, 2.05) is 32.9 Å². The molecule has 0 aliphatic heterocycles. The van der Waals surface area contributed by atoms with Crippen LogP contribution < -0.4 is 10.1 Å². The number of benzene rings is 1. The molecular weight excluding hydrogens is 330 g/mol. The summed E-state index contributed by atoms with van der Waals surface area (Å²) < 4.78 is 6.56. The average molecular weight is 356 g/mol. The van der Waals surface area contributed by atoms with Crippen molar-refractivity contribution < 1.29 is 9.53 Å². The lowest BCUT2D eigenvalue weighted by atomic mass is 10.1. The smallest absolute Gasteiger partial charge is 0.251 e. The fourth-order valence-corrected chi connectivity index (χ4v) is 2.38. The van der Waals surface area contributed by atoms with Crippen molar-refractivity contribution in [2.24, 2.45) is 0 Å². The minimum absolute atomic E-state index is 0.0716. The van der Waals surface area contributed by atoms with Gasteiger partial charge < -0.3 is 10.1 Å². The summed E-state index contributed by atoms with van der Waals surface area (Å²) in [6.45, 7) is 8.81. The average Bonchev–Trinajstić information content (AvgIpc) is 2.38. The summed E-state index contributed by atoms with van der Waals surface area (Å²) in [5, 5.41) is 2.95. The highest BCUT2D eigenvalue weighted by Gasteiger charge is 2.16. The first kappa shape index (κ1) is 18.0. The first-order valence-electron chi connectivity index (χ1n) is 7.58. The Bertz CT molecular complexity index is 466. The van der Waals surface area contributed by atoms with E-state index in [0.717, 1.165) is 16.6 Å². The third-order valence-corrected chi connectivity index (χ3v) is 3.56. The van der Waals surface area contributed by atoms with Crippen molar-refractivity contribution >= 4 is 21.8 Å². The van der Waals surface area contributed by atoms with Gasteiger partial charge >= 0.3 is 0 Å². The van der Waals surface area contributed by atoms with Gasteiger partial charge in [-0.1, -0.05) is 26.2 Å². The monoisotopic (exact) mass is 355 g/mol. The standard InChI is InChI=1S/C17H26BrNO2/c1-5-6-7-8-11-21-15-10-9-13(12-14(15)18)16(20)19-17(2,3)4/h9-10,12H,5-8,11H2,1-4H3,(H,19,20). The zero-order chi connectivity index (χ0) is 15.9. The first-order chi connectivity index (χ1) is 9.83. The third-order valence-electron chi connectivity index (χ3n) is 2.94. The zero-order valence-electron chi connectivity index (χ0n) is 13.5. The molecule has 21 heavy (non-hydrogen) atoms. The second-order valence-electron chi connectivity index (χ2n) is 6.26. The van der Waals surface area contributed by atoms with Crippen LogP contribution in [0.1, 0.15) is 63.7 Å². The Morgan fingerprint density at radius 3 is 2.52 bits per heavy atom. The molecule has 0 saturated carbocycles. The predicted octanol–water partition coefficient (Wildman–Crippen LogP) is 4.94. The molecule has 1 N–H and O–H groups in total. The second kappa shape index (κ2) is 8.42. The Morgan fingerprint density at radius 2 is 1.95 bits per heavy atom. The van der Waals surface area contributed by atoms with Crippen molar-refractivity contribution in [1.29, 1.82) is 0 Å². The van der Waals surface area contributed by atoms with Crippen LogP contribution in [0.25, 0.3) is 0 Å². The Kier molecular flexibility index (Phi) is 7.23. The number of ether oxygens (including phenoxy) is 1. The molecule has 0 spiro atoms. The van der Waals surface area contributed by atoms with Crippen LogP contribution in [0.5, 0.6) is 5.75 Å². The van der Waals surface area contributed by atoms with E-state index in [0.29, 0.717) is 12.2 Å². The lowest BCUT2D eigenvalue weighted by Gasteiger charge is -2.20. The number of unbranched alkanes of at least 4 members (excludes halogenated alkanes) is 3. The van der Waals surface area contributed by atoms with Crippen LogP contribution >= 0.6 is 15.9 Å². The van der Waals surface area contributed by atoms with Gasteiger partial charge in [-0.2, -0.15) is 0 Å². The summed E-state index contributed by atoms with van der Waals surface area (Å²) in [6.07, 6.45) is 4.73. The molecule has 0 aliphatic carbocycles. The molecule has 1 aromatic rings. The zero-order valence-corrected chi connectivity index (χ0v) is 15.0. The van der Waals surface area contributed by atoms with Crippen LogP contribution in [0.15, 0.2) is 22.7 Å². The maximum absolute atomic E-state index is 12.1. The van der Waals surface area contributed by atoms with Gasteiger partial charge in [-0.3, -0.25) is 4.79 Å². The molecule has 0 atom stereocenters. The molecule has 0 radical (unpaired) electrons. The molecule has 3 nitrogen and oxygen atoms in total. The maximum Gasteiger partial charge on any atom is 0.251 e. The number of hydrogen-bond donors (Lipinski definition) is 1. The number of amides is 1. The molecule has 0 aromatic heterocycles. The summed E-state index contributed by atoms with van der Waals surface area (Å²) in [7, 11) is 0. The summed E-state index contributed by atoms with van der Waals surface area (Å²) in [4.78, 5) is 12.1. The number of carbonyl (C=O) groups is 1. The van der Waals surface area contributed by atoms with Crippen molar-refractivity contribution in [2.75, 3.05) is 6.61 Å². The van der Waals surface area contributed by atoms with Gasteiger partial charge in [0, 0.05) is 11.1 Å². The number of rotatable bonds is 7. The fraction of sp³-hybridized carbons (Fsp3) is 0.588. The van der Waals surface area contributed by atoms with E-state index in [4.69, 9.17) is 4.74 Å². The Labute approximate surface area is 136 Å². The largest absolute Gasteiger partial charge is 0.492 e. The van der Waals surface area contributed by atoms with E-state index in [9.17, 15) is 4.79 Å². The van der Waals surface area contributed by atoms with E-state index < -0.39 is 0 Å². The van der Waals surface area contributed by atoms with E-state index in [1.165, 1.54) is 19.3 Å². The van der Waals surface area contributed by atoms with E-state index in [1.54, 1.807) is 6.07 Å². The molecule has 1 aromatic carbocycles.